The van der Waals surface area contributed by atoms with Crippen LogP contribution in [0.15, 0.2) is 18.3 Å². The van der Waals surface area contributed by atoms with E-state index in [0.29, 0.717) is 6.42 Å². The van der Waals surface area contributed by atoms with Gasteiger partial charge in [-0.05, 0) is 18.6 Å². The molecule has 1 rings (SSSR count). The van der Waals surface area contributed by atoms with E-state index < -0.39 is 12.1 Å². The van der Waals surface area contributed by atoms with Crippen LogP contribution in [0.3, 0.4) is 0 Å². The van der Waals surface area contributed by atoms with E-state index in [1.54, 1.807) is 13.3 Å². The van der Waals surface area contributed by atoms with Crippen molar-refractivity contribution in [1.29, 1.82) is 0 Å². The topological polar surface area (TPSA) is 98.3 Å². The first-order valence-electron chi connectivity index (χ1n) is 6.07. The molecular formula is C12H18F3N3O3. The molecule has 3 N–H and O–H groups in total. The van der Waals surface area contributed by atoms with Gasteiger partial charge in [-0.15, -0.1) is 0 Å². The van der Waals surface area contributed by atoms with Gasteiger partial charge in [0.1, 0.15) is 0 Å². The molecule has 0 unspecified atom stereocenters. The maximum absolute atomic E-state index is 10.6. The molecule has 0 aliphatic carbocycles. The Balaban J connectivity index is 0.000000486. The van der Waals surface area contributed by atoms with Crippen molar-refractivity contribution in [2.45, 2.75) is 38.1 Å². The zero-order valence-corrected chi connectivity index (χ0v) is 11.7. The number of aliphatic carboxylic acids is 1. The Bertz CT molecular complexity index is 411. The average molecular weight is 309 g/mol. The normalized spacial score (nSPS) is 13.8. The van der Waals surface area contributed by atoms with Crippen LogP contribution in [0.5, 0.6) is 0 Å². The molecule has 2 atom stereocenters. The molecule has 0 aromatic carbocycles. The van der Waals surface area contributed by atoms with Crippen molar-refractivity contribution in [3.8, 4) is 0 Å². The number of ether oxygens (including phenoxy) is 1. The molecule has 0 saturated heterocycles. The van der Waals surface area contributed by atoms with Gasteiger partial charge in [0.2, 0.25) is 0 Å². The summed E-state index contributed by atoms with van der Waals surface area (Å²) >= 11 is 0. The predicted molar refractivity (Wildman–Crippen MR) is 68.5 cm³/mol. The van der Waals surface area contributed by atoms with E-state index in [0.717, 1.165) is 12.1 Å². The fourth-order valence-corrected chi connectivity index (χ4v) is 1.46. The number of hydrogen-bond donors (Lipinski definition) is 2. The van der Waals surface area contributed by atoms with Gasteiger partial charge in [-0.25, -0.2) is 4.79 Å². The van der Waals surface area contributed by atoms with Crippen LogP contribution in [-0.2, 0) is 16.0 Å². The lowest BCUT2D eigenvalue weighted by Crippen LogP contribution is -2.37. The van der Waals surface area contributed by atoms with Gasteiger partial charge in [0.25, 0.3) is 0 Å². The van der Waals surface area contributed by atoms with Crippen molar-refractivity contribution in [3.05, 3.63) is 24.0 Å². The van der Waals surface area contributed by atoms with Gasteiger partial charge in [-0.3, -0.25) is 0 Å². The van der Waals surface area contributed by atoms with Gasteiger partial charge in [-0.2, -0.15) is 23.4 Å². The highest BCUT2D eigenvalue weighted by Crippen LogP contribution is 2.13. The highest BCUT2D eigenvalue weighted by Gasteiger charge is 2.38. The Morgan fingerprint density at radius 2 is 2.10 bits per heavy atom. The summed E-state index contributed by atoms with van der Waals surface area (Å²) in [5.41, 5.74) is 6.89. The maximum atomic E-state index is 10.6. The van der Waals surface area contributed by atoms with Crippen molar-refractivity contribution in [3.63, 3.8) is 0 Å². The summed E-state index contributed by atoms with van der Waals surface area (Å²) < 4.78 is 37.0. The van der Waals surface area contributed by atoms with Crippen molar-refractivity contribution in [2.75, 3.05) is 7.11 Å². The fraction of sp³-hybridized carbons (Fsp3) is 0.583. The zero-order chi connectivity index (χ0) is 16.5. The molecule has 120 valence electrons. The number of carboxylic acids is 1. The van der Waals surface area contributed by atoms with E-state index in [2.05, 4.69) is 17.1 Å². The van der Waals surface area contributed by atoms with Gasteiger partial charge < -0.3 is 15.6 Å². The second-order valence-electron chi connectivity index (χ2n) is 4.07. The number of halogens is 3. The van der Waals surface area contributed by atoms with Crippen LogP contribution in [-0.4, -0.2) is 46.7 Å². The summed E-state index contributed by atoms with van der Waals surface area (Å²) in [5, 5.41) is 14.9. The van der Waals surface area contributed by atoms with E-state index in [4.69, 9.17) is 20.4 Å². The fourth-order valence-electron chi connectivity index (χ4n) is 1.46. The monoisotopic (exact) mass is 309 g/mol. The van der Waals surface area contributed by atoms with Crippen LogP contribution >= 0.6 is 0 Å². The number of carbonyl (C=O) groups is 1. The largest absolute Gasteiger partial charge is 0.490 e. The summed E-state index contributed by atoms with van der Waals surface area (Å²) in [6.07, 6.45) is -1.71. The van der Waals surface area contributed by atoms with E-state index in [9.17, 15) is 13.2 Å². The number of carboxylic acid groups (broad SMARTS) is 1. The van der Waals surface area contributed by atoms with E-state index in [1.807, 2.05) is 12.1 Å². The van der Waals surface area contributed by atoms with Crippen molar-refractivity contribution >= 4 is 5.97 Å². The second kappa shape index (κ2) is 9.24. The summed E-state index contributed by atoms with van der Waals surface area (Å²) in [6.45, 7) is 2.06. The van der Waals surface area contributed by atoms with Crippen molar-refractivity contribution in [2.24, 2.45) is 5.73 Å². The van der Waals surface area contributed by atoms with Gasteiger partial charge in [-0.1, -0.05) is 6.92 Å². The Morgan fingerprint density at radius 3 is 2.43 bits per heavy atom. The van der Waals surface area contributed by atoms with Crippen LogP contribution in [0.2, 0.25) is 0 Å². The number of rotatable bonds is 5. The first-order chi connectivity index (χ1) is 9.72. The third-order valence-electron chi connectivity index (χ3n) is 2.50. The summed E-state index contributed by atoms with van der Waals surface area (Å²) in [4.78, 5) is 8.90. The molecule has 21 heavy (non-hydrogen) atoms. The lowest BCUT2D eigenvalue weighted by Gasteiger charge is -2.20. The molecule has 0 saturated carbocycles. The molecule has 0 amide bonds. The molecular weight excluding hydrogens is 291 g/mol. The van der Waals surface area contributed by atoms with E-state index in [-0.39, 0.29) is 12.1 Å². The number of aromatic nitrogens is 2. The minimum atomic E-state index is -5.08. The highest BCUT2D eigenvalue weighted by molar-refractivity contribution is 5.73. The molecule has 0 aliphatic heterocycles. The molecule has 0 aliphatic rings. The minimum Gasteiger partial charge on any atom is -0.475 e. The molecule has 9 heteroatoms. The lowest BCUT2D eigenvalue weighted by molar-refractivity contribution is -0.192. The molecule has 6 nitrogen and oxygen atoms in total. The standard InChI is InChI=1S/C10H17N3O.C2HF3O2/c1-3-10(14-2)9(11)7-8-5-4-6-12-13-8;3-2(4,5)1(6)7/h4-6,9-10H,3,7,11H2,1-2H3;(H,6,7)/t9-,10-;/m1./s1. The van der Waals surface area contributed by atoms with Gasteiger partial charge in [0.15, 0.2) is 0 Å². The molecule has 0 fully saturated rings. The highest BCUT2D eigenvalue weighted by atomic mass is 19.4. The Labute approximate surface area is 120 Å². The number of hydrogen-bond acceptors (Lipinski definition) is 5. The minimum absolute atomic E-state index is 0.0123. The summed E-state index contributed by atoms with van der Waals surface area (Å²) in [6, 6.07) is 3.78. The number of nitrogens with zero attached hydrogens (tertiary/aromatic N) is 2. The SMILES string of the molecule is CC[C@@H](OC)[C@H](N)Cc1cccnn1.O=C(O)C(F)(F)F. The third kappa shape index (κ3) is 8.20. The third-order valence-corrected chi connectivity index (χ3v) is 2.50. The van der Waals surface area contributed by atoms with Crippen LogP contribution in [0.25, 0.3) is 0 Å². The van der Waals surface area contributed by atoms with E-state index >= 15 is 0 Å². The second-order valence-corrected chi connectivity index (χ2v) is 4.07. The smallest absolute Gasteiger partial charge is 0.475 e. The maximum Gasteiger partial charge on any atom is 0.490 e. The number of alkyl halides is 3. The first kappa shape index (κ1) is 19.3. The van der Waals surface area contributed by atoms with Crippen LogP contribution in [0.1, 0.15) is 19.0 Å². The molecule has 1 aromatic rings. The Morgan fingerprint density at radius 1 is 1.52 bits per heavy atom. The van der Waals surface area contributed by atoms with Gasteiger partial charge >= 0.3 is 12.1 Å². The van der Waals surface area contributed by atoms with Gasteiger partial charge in [0, 0.05) is 25.8 Å². The first-order valence-corrected chi connectivity index (χ1v) is 6.07. The van der Waals surface area contributed by atoms with Crippen LogP contribution in [0, 0.1) is 0 Å². The van der Waals surface area contributed by atoms with Crippen molar-refractivity contribution in [1.82, 2.24) is 10.2 Å². The Kier molecular flexibility index (Phi) is 8.48. The Hall–Kier alpha value is -1.74. The number of nitrogens with two attached hydrogens (primary N) is 1. The van der Waals surface area contributed by atoms with Crippen LogP contribution < -0.4 is 5.73 Å². The molecule has 1 aromatic heterocycles. The molecule has 1 heterocycles. The summed E-state index contributed by atoms with van der Waals surface area (Å²) in [5.74, 6) is -2.76. The van der Waals surface area contributed by atoms with Crippen LogP contribution in [0.4, 0.5) is 13.2 Å². The summed E-state index contributed by atoms with van der Waals surface area (Å²) in [7, 11) is 1.69. The average Bonchev–Trinajstić information content (AvgIpc) is 2.40. The predicted octanol–water partition coefficient (Wildman–Crippen LogP) is 1.40. The van der Waals surface area contributed by atoms with E-state index in [1.165, 1.54) is 0 Å². The van der Waals surface area contributed by atoms with Gasteiger partial charge in [0.05, 0.1) is 11.8 Å². The molecule has 0 spiro atoms. The molecule has 0 bridgehead atoms. The molecule has 0 radical (unpaired) electrons. The zero-order valence-electron chi connectivity index (χ0n) is 11.7. The number of methoxy groups -OCH3 is 1. The quantitative estimate of drug-likeness (QED) is 0.853. The van der Waals surface area contributed by atoms with Crippen molar-refractivity contribution < 1.29 is 27.8 Å². The lowest BCUT2D eigenvalue weighted by atomic mass is 10.0.